The van der Waals surface area contributed by atoms with E-state index in [-0.39, 0.29) is 29.1 Å². The van der Waals surface area contributed by atoms with Gasteiger partial charge >= 0.3 is 5.97 Å². The lowest BCUT2D eigenvalue weighted by Gasteiger charge is -2.41. The topological polar surface area (TPSA) is 70.2 Å². The fourth-order valence-corrected chi connectivity index (χ4v) is 6.59. The van der Waals surface area contributed by atoms with E-state index >= 15 is 0 Å². The van der Waals surface area contributed by atoms with Gasteiger partial charge in [-0.25, -0.2) is 0 Å². The molecular weight excluding hydrogens is 498 g/mol. The van der Waals surface area contributed by atoms with Gasteiger partial charge in [0.1, 0.15) is 11.3 Å². The van der Waals surface area contributed by atoms with Crippen LogP contribution in [0.3, 0.4) is 0 Å². The van der Waals surface area contributed by atoms with Gasteiger partial charge in [-0.15, -0.1) is 0 Å². The Bertz CT molecular complexity index is 953. The molecule has 1 aliphatic carbocycles. The molecule has 7 nitrogen and oxygen atoms in total. The number of allylic oxidation sites excluding steroid dienone is 1. The zero-order valence-electron chi connectivity index (χ0n) is 24.4. The Balaban J connectivity index is 2.03. The van der Waals surface area contributed by atoms with Crippen molar-refractivity contribution in [3.63, 3.8) is 0 Å². The molecule has 2 heterocycles. The number of hydrogen-bond donors (Lipinski definition) is 0. The summed E-state index contributed by atoms with van der Waals surface area (Å²) in [5, 5.41) is -0.637. The number of methoxy groups -OCH3 is 1. The molecule has 3 aliphatic rings. The molecule has 0 aromatic heterocycles. The highest BCUT2D eigenvalue weighted by Gasteiger charge is 2.47. The number of ether oxygens (including phenoxy) is 1. The van der Waals surface area contributed by atoms with Gasteiger partial charge in [-0.3, -0.25) is 14.4 Å². The second kappa shape index (κ2) is 13.4. The minimum atomic E-state index is -0.637. The van der Waals surface area contributed by atoms with Gasteiger partial charge in [0.15, 0.2) is 0 Å². The van der Waals surface area contributed by atoms with Crippen LogP contribution in [0.5, 0.6) is 0 Å². The zero-order chi connectivity index (χ0) is 28.0. The van der Waals surface area contributed by atoms with Crippen molar-refractivity contribution in [2.24, 2.45) is 17.3 Å². The first kappa shape index (κ1) is 30.6. The average molecular weight is 546 g/mol. The highest BCUT2D eigenvalue weighted by Crippen LogP contribution is 2.40. The number of likely N-dealkylation sites (tertiary alicyclic amines) is 1. The maximum absolute atomic E-state index is 14.3. The van der Waals surface area contributed by atoms with Gasteiger partial charge in [0, 0.05) is 31.0 Å². The summed E-state index contributed by atoms with van der Waals surface area (Å²) in [5.74, 6) is 6.59. The van der Waals surface area contributed by atoms with Gasteiger partial charge in [-0.2, -0.15) is 0 Å². The lowest BCUT2D eigenvalue weighted by atomic mass is 9.81. The highest BCUT2D eigenvalue weighted by molar-refractivity contribution is 8.05. The SMILES string of the molecule is COC(=O)C1SC(C#CC(C)(C)C)=CC1N(C(=O)C1CCC(C)CC1)[C@@H]1CCCCN(CCN(C)C)C1=O. The van der Waals surface area contributed by atoms with Crippen molar-refractivity contribution in [3.8, 4) is 11.8 Å². The summed E-state index contributed by atoms with van der Waals surface area (Å²) in [6.07, 6.45) is 8.00. The molecule has 0 N–H and O–H groups in total. The van der Waals surface area contributed by atoms with E-state index in [1.165, 1.54) is 18.9 Å². The van der Waals surface area contributed by atoms with E-state index in [4.69, 9.17) is 4.74 Å². The third kappa shape index (κ3) is 8.02. The van der Waals surface area contributed by atoms with E-state index in [0.29, 0.717) is 25.4 Å². The standard InChI is InChI=1S/C30H47N3O4S/c1-21-11-13-22(14-12-21)27(34)33(24-10-8-9-17-32(28(24)35)19-18-31(5)6)25-20-23(15-16-30(2,3)4)38-26(25)29(36)37-7/h20-22,24-26H,8-14,17-19H2,1-7H3/t21?,22?,24-,25?,26?/m1/s1. The van der Waals surface area contributed by atoms with E-state index < -0.39 is 17.3 Å². The number of thioether (sulfide) groups is 1. The van der Waals surface area contributed by atoms with Crippen LogP contribution in [0.25, 0.3) is 0 Å². The maximum atomic E-state index is 14.3. The number of carbonyl (C=O) groups excluding carboxylic acids is 3. The van der Waals surface area contributed by atoms with E-state index in [9.17, 15) is 14.4 Å². The van der Waals surface area contributed by atoms with Gasteiger partial charge in [0.25, 0.3) is 0 Å². The summed E-state index contributed by atoms with van der Waals surface area (Å²) in [6.45, 7) is 10.5. The third-order valence-electron chi connectivity index (χ3n) is 7.73. The fraction of sp³-hybridized carbons (Fsp3) is 0.767. The monoisotopic (exact) mass is 545 g/mol. The molecule has 0 bridgehead atoms. The van der Waals surface area contributed by atoms with Crippen molar-refractivity contribution >= 4 is 29.5 Å². The molecule has 3 rings (SSSR count). The molecule has 2 amide bonds. The number of amides is 2. The maximum Gasteiger partial charge on any atom is 0.321 e. The van der Waals surface area contributed by atoms with Crippen molar-refractivity contribution in [3.05, 3.63) is 11.0 Å². The van der Waals surface area contributed by atoms with Crippen LogP contribution in [0.2, 0.25) is 0 Å². The van der Waals surface area contributed by atoms with Crippen LogP contribution >= 0.6 is 11.8 Å². The smallest absolute Gasteiger partial charge is 0.321 e. The van der Waals surface area contributed by atoms with Crippen molar-refractivity contribution in [1.82, 2.24) is 14.7 Å². The van der Waals surface area contributed by atoms with Crippen molar-refractivity contribution in [2.45, 2.75) is 90.0 Å². The van der Waals surface area contributed by atoms with Crippen molar-refractivity contribution in [2.75, 3.05) is 40.8 Å². The van der Waals surface area contributed by atoms with Crippen LogP contribution in [-0.4, -0.2) is 90.7 Å². The van der Waals surface area contributed by atoms with Crippen LogP contribution in [0.4, 0.5) is 0 Å². The zero-order valence-corrected chi connectivity index (χ0v) is 25.2. The number of rotatable bonds is 7. The molecule has 212 valence electrons. The van der Waals surface area contributed by atoms with Gasteiger partial charge in [-0.05, 0) is 91.8 Å². The summed E-state index contributed by atoms with van der Waals surface area (Å²) in [5.41, 5.74) is -0.196. The predicted molar refractivity (Wildman–Crippen MR) is 153 cm³/mol. The van der Waals surface area contributed by atoms with E-state index in [1.54, 1.807) is 4.90 Å². The average Bonchev–Trinajstić information content (AvgIpc) is 3.20. The Morgan fingerprint density at radius 1 is 1.13 bits per heavy atom. The van der Waals surface area contributed by atoms with Crippen LogP contribution in [0.15, 0.2) is 11.0 Å². The molecule has 38 heavy (non-hydrogen) atoms. The molecule has 3 atom stereocenters. The first-order valence-electron chi connectivity index (χ1n) is 14.2. The Labute approximate surface area is 234 Å². The number of nitrogens with zero attached hydrogens (tertiary/aromatic N) is 3. The van der Waals surface area contributed by atoms with Crippen molar-refractivity contribution < 1.29 is 19.1 Å². The Hall–Kier alpha value is -1.98. The number of esters is 1. The Morgan fingerprint density at radius 3 is 2.42 bits per heavy atom. The molecule has 1 saturated carbocycles. The first-order chi connectivity index (χ1) is 17.9. The molecule has 8 heteroatoms. The molecule has 2 aliphatic heterocycles. The molecule has 2 fully saturated rings. The molecule has 0 aromatic rings. The molecule has 0 aromatic carbocycles. The van der Waals surface area contributed by atoms with Crippen LogP contribution < -0.4 is 0 Å². The van der Waals surface area contributed by atoms with E-state index in [2.05, 4.69) is 23.7 Å². The lowest BCUT2D eigenvalue weighted by molar-refractivity contribution is -0.152. The Kier molecular flexibility index (Phi) is 10.8. The highest BCUT2D eigenvalue weighted by atomic mass is 32.2. The fourth-order valence-electron chi connectivity index (χ4n) is 5.45. The Morgan fingerprint density at radius 2 is 1.82 bits per heavy atom. The largest absolute Gasteiger partial charge is 0.468 e. The second-order valence-corrected chi connectivity index (χ2v) is 13.6. The van der Waals surface area contributed by atoms with Crippen LogP contribution in [0.1, 0.15) is 72.6 Å². The number of likely N-dealkylation sites (N-methyl/N-ethyl adjacent to an activating group) is 1. The van der Waals surface area contributed by atoms with Gasteiger partial charge < -0.3 is 19.4 Å². The molecule has 1 saturated heterocycles. The van der Waals surface area contributed by atoms with E-state index in [1.807, 2.05) is 45.8 Å². The lowest BCUT2D eigenvalue weighted by Crippen LogP contribution is -2.58. The first-order valence-corrected chi connectivity index (χ1v) is 15.0. The number of hydrogen-bond acceptors (Lipinski definition) is 6. The van der Waals surface area contributed by atoms with Crippen LogP contribution in [0, 0.1) is 29.1 Å². The summed E-state index contributed by atoms with van der Waals surface area (Å²) < 4.78 is 5.19. The summed E-state index contributed by atoms with van der Waals surface area (Å²) in [4.78, 5) is 47.9. The number of carbonyl (C=O) groups is 3. The summed E-state index contributed by atoms with van der Waals surface area (Å²) in [7, 11) is 5.38. The minimum absolute atomic E-state index is 0.00174. The normalized spacial score (nSPS) is 28.3. The van der Waals surface area contributed by atoms with Gasteiger partial charge in [-0.1, -0.05) is 30.5 Å². The van der Waals surface area contributed by atoms with Crippen LogP contribution in [-0.2, 0) is 19.1 Å². The van der Waals surface area contributed by atoms with E-state index in [0.717, 1.165) is 50.0 Å². The van der Waals surface area contributed by atoms with Gasteiger partial charge in [0.05, 0.1) is 18.1 Å². The molecule has 2 unspecified atom stereocenters. The quantitative estimate of drug-likeness (QED) is 0.353. The van der Waals surface area contributed by atoms with Gasteiger partial charge in [0.2, 0.25) is 11.8 Å². The third-order valence-corrected chi connectivity index (χ3v) is 8.94. The molecule has 0 radical (unpaired) electrons. The molecule has 0 spiro atoms. The molecular formula is C30H47N3O4S. The van der Waals surface area contributed by atoms with Crippen molar-refractivity contribution in [1.29, 1.82) is 0 Å². The second-order valence-electron chi connectivity index (χ2n) is 12.4. The minimum Gasteiger partial charge on any atom is -0.468 e. The summed E-state index contributed by atoms with van der Waals surface area (Å²) >= 11 is 1.36. The predicted octanol–water partition coefficient (Wildman–Crippen LogP) is 4.17. The summed E-state index contributed by atoms with van der Waals surface area (Å²) in [6, 6.07) is -1.15.